The lowest BCUT2D eigenvalue weighted by Gasteiger charge is -2.12. The van der Waals surface area contributed by atoms with Gasteiger partial charge in [0, 0.05) is 6.07 Å². The Hall–Kier alpha value is -4.49. The SMILES string of the molecule is CCOc1cc(/C=C(\C#N)c2nc3ccccc3[nH]2)ccc1OCc1cc(=O)n2nc(C)sc2n1. The Morgan fingerprint density at radius 2 is 2.03 bits per heavy atom. The molecular formula is C25H20N6O3S. The van der Waals surface area contributed by atoms with Crippen molar-refractivity contribution in [1.82, 2.24) is 24.6 Å². The van der Waals surface area contributed by atoms with Crippen molar-refractivity contribution in [2.24, 2.45) is 0 Å². The number of aromatic amines is 1. The molecule has 0 aliphatic heterocycles. The van der Waals surface area contributed by atoms with Crippen molar-refractivity contribution in [2.75, 3.05) is 6.61 Å². The van der Waals surface area contributed by atoms with Gasteiger partial charge in [0.25, 0.3) is 5.56 Å². The number of allylic oxidation sites excluding steroid dienone is 1. The number of para-hydroxylation sites is 2. The lowest BCUT2D eigenvalue weighted by atomic mass is 10.1. The van der Waals surface area contributed by atoms with Crippen LogP contribution in [0.1, 0.15) is 29.0 Å². The number of hydrogen-bond acceptors (Lipinski definition) is 8. The van der Waals surface area contributed by atoms with E-state index in [1.807, 2.05) is 44.2 Å². The van der Waals surface area contributed by atoms with Gasteiger partial charge in [-0.05, 0) is 49.8 Å². The molecule has 0 saturated heterocycles. The van der Waals surface area contributed by atoms with Gasteiger partial charge in [-0.2, -0.15) is 14.9 Å². The largest absolute Gasteiger partial charge is 0.490 e. The Balaban J connectivity index is 1.41. The van der Waals surface area contributed by atoms with E-state index < -0.39 is 0 Å². The summed E-state index contributed by atoms with van der Waals surface area (Å²) in [5, 5.41) is 14.6. The average Bonchev–Trinajstić information content (AvgIpc) is 3.45. The summed E-state index contributed by atoms with van der Waals surface area (Å²) in [4.78, 5) is 25.0. The number of nitrogens with one attached hydrogen (secondary N) is 1. The predicted octanol–water partition coefficient (Wildman–Crippen LogP) is 4.38. The van der Waals surface area contributed by atoms with E-state index in [0.29, 0.717) is 40.2 Å². The average molecular weight is 485 g/mol. The van der Waals surface area contributed by atoms with Gasteiger partial charge in [0.15, 0.2) is 11.5 Å². The van der Waals surface area contributed by atoms with Crippen LogP contribution in [0.5, 0.6) is 11.5 Å². The molecule has 0 unspecified atom stereocenters. The highest BCUT2D eigenvalue weighted by molar-refractivity contribution is 7.16. The molecule has 5 rings (SSSR count). The molecule has 35 heavy (non-hydrogen) atoms. The van der Waals surface area contributed by atoms with Gasteiger partial charge in [-0.1, -0.05) is 29.5 Å². The van der Waals surface area contributed by atoms with Crippen LogP contribution < -0.4 is 15.0 Å². The standard InChI is InChI=1S/C25H20N6O3S/c1-3-33-22-11-16(10-17(13-26)24-28-19-6-4-5-7-20(19)29-24)8-9-21(22)34-14-18-12-23(32)31-25(27-18)35-15(2)30-31/h4-12H,3,14H2,1-2H3,(H,28,29)/b17-10+. The number of hydrogen-bond donors (Lipinski definition) is 1. The second kappa shape index (κ2) is 9.40. The van der Waals surface area contributed by atoms with E-state index in [4.69, 9.17) is 9.47 Å². The molecular weight excluding hydrogens is 464 g/mol. The monoisotopic (exact) mass is 484 g/mol. The summed E-state index contributed by atoms with van der Waals surface area (Å²) in [5.74, 6) is 1.53. The number of imidazole rings is 1. The molecule has 0 bridgehead atoms. The smallest absolute Gasteiger partial charge is 0.275 e. The first-order valence-corrected chi connectivity index (χ1v) is 11.7. The number of ether oxygens (including phenoxy) is 2. The maximum Gasteiger partial charge on any atom is 0.275 e. The number of aryl methyl sites for hydroxylation is 1. The quantitative estimate of drug-likeness (QED) is 0.341. The number of fused-ring (bicyclic) bond motifs is 2. The molecule has 0 atom stereocenters. The summed E-state index contributed by atoms with van der Waals surface area (Å²) in [6.07, 6.45) is 1.74. The van der Waals surface area contributed by atoms with Crippen molar-refractivity contribution in [3.05, 3.63) is 81.0 Å². The lowest BCUT2D eigenvalue weighted by molar-refractivity contribution is 0.266. The van der Waals surface area contributed by atoms with E-state index in [2.05, 4.69) is 26.1 Å². The highest BCUT2D eigenvalue weighted by atomic mass is 32.1. The fraction of sp³-hybridized carbons (Fsp3) is 0.160. The molecule has 0 saturated carbocycles. The molecule has 0 amide bonds. The molecule has 3 aromatic heterocycles. The van der Waals surface area contributed by atoms with Crippen LogP contribution in [-0.4, -0.2) is 31.2 Å². The summed E-state index contributed by atoms with van der Waals surface area (Å²) in [6, 6.07) is 16.6. The minimum atomic E-state index is -0.252. The maximum atomic E-state index is 12.3. The van der Waals surface area contributed by atoms with Crippen LogP contribution in [0, 0.1) is 18.3 Å². The molecule has 5 aromatic rings. The summed E-state index contributed by atoms with van der Waals surface area (Å²) < 4.78 is 13.0. The number of aromatic nitrogens is 5. The van der Waals surface area contributed by atoms with Gasteiger partial charge in [-0.25, -0.2) is 9.97 Å². The normalized spacial score (nSPS) is 11.6. The molecule has 10 heteroatoms. The van der Waals surface area contributed by atoms with Crippen molar-refractivity contribution in [2.45, 2.75) is 20.5 Å². The fourth-order valence-corrected chi connectivity index (χ4v) is 4.35. The topological polar surface area (TPSA) is 118 Å². The molecule has 0 aliphatic rings. The second-order valence-electron chi connectivity index (χ2n) is 7.60. The van der Waals surface area contributed by atoms with Gasteiger partial charge < -0.3 is 14.5 Å². The molecule has 9 nitrogen and oxygen atoms in total. The van der Waals surface area contributed by atoms with E-state index >= 15 is 0 Å². The van der Waals surface area contributed by atoms with E-state index in [9.17, 15) is 10.1 Å². The maximum absolute atomic E-state index is 12.3. The van der Waals surface area contributed by atoms with Gasteiger partial charge in [0.2, 0.25) is 4.96 Å². The first kappa shape index (κ1) is 22.3. The third-order valence-electron chi connectivity index (χ3n) is 5.12. The zero-order valence-electron chi connectivity index (χ0n) is 19.0. The Morgan fingerprint density at radius 1 is 1.17 bits per heavy atom. The van der Waals surface area contributed by atoms with E-state index in [-0.39, 0.29) is 12.2 Å². The molecule has 0 radical (unpaired) electrons. The third kappa shape index (κ3) is 4.62. The number of nitrogens with zero attached hydrogens (tertiary/aromatic N) is 5. The number of benzene rings is 2. The minimum absolute atomic E-state index is 0.0976. The number of rotatable bonds is 7. The van der Waals surface area contributed by atoms with Crippen LogP contribution in [0.25, 0.3) is 27.6 Å². The van der Waals surface area contributed by atoms with Crippen molar-refractivity contribution < 1.29 is 9.47 Å². The van der Waals surface area contributed by atoms with Gasteiger partial charge in [0.1, 0.15) is 23.5 Å². The molecule has 0 aliphatic carbocycles. The molecule has 3 heterocycles. The Bertz CT molecular complexity index is 1640. The van der Waals surface area contributed by atoms with Crippen molar-refractivity contribution in [1.29, 1.82) is 5.26 Å². The zero-order valence-corrected chi connectivity index (χ0v) is 19.8. The van der Waals surface area contributed by atoms with Crippen molar-refractivity contribution in [3.8, 4) is 17.6 Å². The molecule has 0 spiro atoms. The van der Waals surface area contributed by atoms with Crippen LogP contribution in [-0.2, 0) is 6.61 Å². The van der Waals surface area contributed by atoms with Gasteiger partial charge in [-0.3, -0.25) is 4.79 Å². The van der Waals surface area contributed by atoms with Crippen LogP contribution in [0.3, 0.4) is 0 Å². The first-order chi connectivity index (χ1) is 17.0. The summed E-state index contributed by atoms with van der Waals surface area (Å²) >= 11 is 1.34. The van der Waals surface area contributed by atoms with Gasteiger partial charge in [-0.15, -0.1) is 0 Å². The van der Waals surface area contributed by atoms with E-state index in [0.717, 1.165) is 21.6 Å². The lowest BCUT2D eigenvalue weighted by Crippen LogP contribution is -2.16. The number of H-pyrrole nitrogens is 1. The molecule has 2 aromatic carbocycles. The summed E-state index contributed by atoms with van der Waals surface area (Å²) in [6.45, 7) is 4.24. The highest BCUT2D eigenvalue weighted by Crippen LogP contribution is 2.31. The fourth-order valence-electron chi connectivity index (χ4n) is 3.58. The van der Waals surface area contributed by atoms with Crippen LogP contribution in [0.15, 0.2) is 53.3 Å². The predicted molar refractivity (Wildman–Crippen MR) is 133 cm³/mol. The Labute approximate surface area is 203 Å². The summed E-state index contributed by atoms with van der Waals surface area (Å²) in [7, 11) is 0. The van der Waals surface area contributed by atoms with Crippen molar-refractivity contribution in [3.63, 3.8) is 0 Å². The van der Waals surface area contributed by atoms with Crippen molar-refractivity contribution >= 4 is 39.0 Å². The zero-order chi connectivity index (χ0) is 24.4. The first-order valence-electron chi connectivity index (χ1n) is 10.9. The Morgan fingerprint density at radius 3 is 2.83 bits per heavy atom. The molecule has 174 valence electrons. The number of nitriles is 1. The van der Waals surface area contributed by atoms with Crippen LogP contribution >= 0.6 is 11.3 Å². The van der Waals surface area contributed by atoms with Gasteiger partial charge >= 0.3 is 0 Å². The van der Waals surface area contributed by atoms with E-state index in [1.54, 1.807) is 18.2 Å². The minimum Gasteiger partial charge on any atom is -0.490 e. The van der Waals surface area contributed by atoms with E-state index in [1.165, 1.54) is 21.9 Å². The highest BCUT2D eigenvalue weighted by Gasteiger charge is 2.12. The van der Waals surface area contributed by atoms with Gasteiger partial charge in [0.05, 0.1) is 28.9 Å². The molecule has 1 N–H and O–H groups in total. The third-order valence-corrected chi connectivity index (χ3v) is 5.94. The summed E-state index contributed by atoms with van der Waals surface area (Å²) in [5.41, 5.74) is 3.07. The second-order valence-corrected chi connectivity index (χ2v) is 8.76. The Kier molecular flexibility index (Phi) is 5.99. The van der Waals surface area contributed by atoms with Crippen LogP contribution in [0.4, 0.5) is 0 Å². The molecule has 0 fully saturated rings. The van der Waals surface area contributed by atoms with Crippen LogP contribution in [0.2, 0.25) is 0 Å².